The van der Waals surface area contributed by atoms with Crippen molar-refractivity contribution in [1.82, 2.24) is 4.90 Å². The lowest BCUT2D eigenvalue weighted by molar-refractivity contribution is -0.0179. The number of rotatable bonds is 8. The van der Waals surface area contributed by atoms with E-state index in [2.05, 4.69) is 64.6 Å². The van der Waals surface area contributed by atoms with Crippen LogP contribution in [0.2, 0.25) is 0 Å². The quantitative estimate of drug-likeness (QED) is 0.686. The van der Waals surface area contributed by atoms with E-state index in [9.17, 15) is 5.11 Å². The van der Waals surface area contributed by atoms with E-state index in [-0.39, 0.29) is 10.8 Å². The summed E-state index contributed by atoms with van der Waals surface area (Å²) in [7, 11) is 0. The van der Waals surface area contributed by atoms with Crippen LogP contribution in [0.1, 0.15) is 52.7 Å². The van der Waals surface area contributed by atoms with Crippen molar-refractivity contribution in [2.75, 3.05) is 52.7 Å². The first kappa shape index (κ1) is 23.1. The maximum absolute atomic E-state index is 10.1. The number of aliphatic hydroxyl groups is 1. The van der Waals surface area contributed by atoms with Gasteiger partial charge in [0.05, 0.1) is 32.5 Å². The minimum absolute atomic E-state index is 0.00576. The van der Waals surface area contributed by atoms with Gasteiger partial charge in [0.1, 0.15) is 12.4 Å². The van der Waals surface area contributed by atoms with Crippen LogP contribution < -0.4 is 4.74 Å². The molecule has 1 aromatic rings. The first-order chi connectivity index (χ1) is 13.1. The Morgan fingerprint density at radius 2 is 1.71 bits per heavy atom. The van der Waals surface area contributed by atoms with Crippen LogP contribution in [-0.2, 0) is 20.3 Å². The molecule has 1 heterocycles. The highest BCUT2D eigenvalue weighted by Gasteiger charge is 2.23. The van der Waals surface area contributed by atoms with Crippen LogP contribution in [0.4, 0.5) is 0 Å². The number of hydrogen-bond acceptors (Lipinski definition) is 5. The fraction of sp³-hybridized carbons (Fsp3) is 0.739. The predicted molar refractivity (Wildman–Crippen MR) is 113 cm³/mol. The number of ether oxygens (including phenoxy) is 3. The third-order valence-electron chi connectivity index (χ3n) is 5.02. The van der Waals surface area contributed by atoms with Crippen LogP contribution in [0.15, 0.2) is 18.2 Å². The van der Waals surface area contributed by atoms with E-state index in [0.717, 1.165) is 32.1 Å². The number of hydrogen-bond donors (Lipinski definition) is 1. The summed E-state index contributed by atoms with van der Waals surface area (Å²) in [5, 5.41) is 10.1. The second-order valence-corrected chi connectivity index (χ2v) is 9.70. The zero-order valence-electron chi connectivity index (χ0n) is 18.6. The molecule has 1 fully saturated rings. The molecule has 0 aromatic heterocycles. The third kappa shape index (κ3) is 7.36. The number of β-amino-alcohol motifs (C(OH)–C–C–N with tert-alkyl or cyclic N) is 1. The lowest BCUT2D eigenvalue weighted by Crippen LogP contribution is -2.42. The number of morpholine rings is 1. The maximum atomic E-state index is 10.1. The summed E-state index contributed by atoms with van der Waals surface area (Å²) in [6.07, 6.45) is -0.477. The van der Waals surface area contributed by atoms with Crippen LogP contribution in [0, 0.1) is 0 Å². The molecule has 0 spiro atoms. The van der Waals surface area contributed by atoms with Crippen molar-refractivity contribution in [3.05, 3.63) is 29.3 Å². The maximum Gasteiger partial charge on any atom is 0.123 e. The molecular weight excluding hydrogens is 354 g/mol. The number of aliphatic hydroxyl groups excluding tert-OH is 1. The standard InChI is InChI=1S/C23H39NO4/c1-22(2,3)18-7-8-21(20(15-18)23(4,5)6)28-14-13-27-17-19(25)16-24-9-11-26-12-10-24/h7-8,15,19,25H,9-14,16-17H2,1-6H3/t19-/m1/s1. The van der Waals surface area contributed by atoms with E-state index >= 15 is 0 Å². The fourth-order valence-corrected chi connectivity index (χ4v) is 3.27. The summed E-state index contributed by atoms with van der Waals surface area (Å²) in [6, 6.07) is 6.49. The Balaban J connectivity index is 1.80. The number of benzene rings is 1. The summed E-state index contributed by atoms with van der Waals surface area (Å²) in [6.45, 7) is 18.4. The topological polar surface area (TPSA) is 51.2 Å². The van der Waals surface area contributed by atoms with Gasteiger partial charge < -0.3 is 19.3 Å². The molecule has 160 valence electrons. The molecule has 0 bridgehead atoms. The monoisotopic (exact) mass is 393 g/mol. The molecule has 28 heavy (non-hydrogen) atoms. The van der Waals surface area contributed by atoms with Crippen LogP contribution in [0.25, 0.3) is 0 Å². The minimum atomic E-state index is -0.477. The van der Waals surface area contributed by atoms with Crippen molar-refractivity contribution in [1.29, 1.82) is 0 Å². The average molecular weight is 394 g/mol. The molecule has 0 unspecified atom stereocenters. The van der Waals surface area contributed by atoms with Crippen LogP contribution in [0.5, 0.6) is 5.75 Å². The first-order valence-electron chi connectivity index (χ1n) is 10.4. The summed E-state index contributed by atoms with van der Waals surface area (Å²) in [5.41, 5.74) is 2.64. The van der Waals surface area contributed by atoms with Gasteiger partial charge in [-0.05, 0) is 28.0 Å². The Hall–Kier alpha value is -1.14. The van der Waals surface area contributed by atoms with Crippen molar-refractivity contribution in [3.63, 3.8) is 0 Å². The minimum Gasteiger partial charge on any atom is -0.491 e. The Kier molecular flexibility index (Phi) is 8.31. The van der Waals surface area contributed by atoms with Gasteiger partial charge in [-0.1, -0.05) is 53.7 Å². The van der Waals surface area contributed by atoms with Gasteiger partial charge in [-0.15, -0.1) is 0 Å². The van der Waals surface area contributed by atoms with E-state index < -0.39 is 6.10 Å². The lowest BCUT2D eigenvalue weighted by atomic mass is 9.80. The van der Waals surface area contributed by atoms with Gasteiger partial charge in [0.2, 0.25) is 0 Å². The largest absolute Gasteiger partial charge is 0.491 e. The van der Waals surface area contributed by atoms with Gasteiger partial charge >= 0.3 is 0 Å². The highest BCUT2D eigenvalue weighted by atomic mass is 16.5. The van der Waals surface area contributed by atoms with Gasteiger partial charge in [-0.25, -0.2) is 0 Å². The normalized spacial score (nSPS) is 17.5. The molecule has 5 nitrogen and oxygen atoms in total. The van der Waals surface area contributed by atoms with E-state index in [1.165, 1.54) is 11.1 Å². The second kappa shape index (κ2) is 10.1. The Bertz CT molecular complexity index is 598. The van der Waals surface area contributed by atoms with Crippen molar-refractivity contribution in [2.24, 2.45) is 0 Å². The van der Waals surface area contributed by atoms with E-state index in [1.54, 1.807) is 0 Å². The molecule has 1 N–H and O–H groups in total. The predicted octanol–water partition coefficient (Wildman–Crippen LogP) is 3.37. The zero-order chi connectivity index (χ0) is 20.8. The van der Waals surface area contributed by atoms with E-state index in [0.29, 0.717) is 26.4 Å². The van der Waals surface area contributed by atoms with Crippen molar-refractivity contribution in [3.8, 4) is 5.75 Å². The molecule has 1 saturated heterocycles. The second-order valence-electron chi connectivity index (χ2n) is 9.70. The van der Waals surface area contributed by atoms with Crippen molar-refractivity contribution < 1.29 is 19.3 Å². The van der Waals surface area contributed by atoms with Gasteiger partial charge in [0, 0.05) is 19.6 Å². The Morgan fingerprint density at radius 1 is 1.04 bits per heavy atom. The highest BCUT2D eigenvalue weighted by molar-refractivity contribution is 5.43. The molecule has 0 aliphatic carbocycles. The molecule has 1 atom stereocenters. The molecular formula is C23H39NO4. The molecule has 5 heteroatoms. The van der Waals surface area contributed by atoms with Crippen LogP contribution in [-0.4, -0.2) is 68.8 Å². The molecule has 0 amide bonds. The SMILES string of the molecule is CC(C)(C)c1ccc(OCCOC[C@H](O)CN2CCOCC2)c(C(C)(C)C)c1. The first-order valence-corrected chi connectivity index (χ1v) is 10.4. The van der Waals surface area contributed by atoms with Crippen molar-refractivity contribution >= 4 is 0 Å². The molecule has 1 aliphatic heterocycles. The molecule has 0 saturated carbocycles. The van der Waals surface area contributed by atoms with Gasteiger partial charge in [0.25, 0.3) is 0 Å². The Labute approximate surface area is 171 Å². The van der Waals surface area contributed by atoms with Gasteiger partial charge in [-0.3, -0.25) is 4.90 Å². The summed E-state index contributed by atoms with van der Waals surface area (Å²) < 4.78 is 17.0. The highest BCUT2D eigenvalue weighted by Crippen LogP contribution is 2.35. The molecule has 1 aromatic carbocycles. The van der Waals surface area contributed by atoms with Crippen LogP contribution in [0.3, 0.4) is 0 Å². The summed E-state index contributed by atoms with van der Waals surface area (Å²) in [5.74, 6) is 0.915. The average Bonchev–Trinajstić information content (AvgIpc) is 2.60. The lowest BCUT2D eigenvalue weighted by Gasteiger charge is -2.28. The number of nitrogens with zero attached hydrogens (tertiary/aromatic N) is 1. The third-order valence-corrected chi connectivity index (χ3v) is 5.02. The van der Waals surface area contributed by atoms with Crippen molar-refractivity contribution in [2.45, 2.75) is 58.5 Å². The zero-order valence-corrected chi connectivity index (χ0v) is 18.6. The van der Waals surface area contributed by atoms with E-state index in [4.69, 9.17) is 14.2 Å². The smallest absolute Gasteiger partial charge is 0.123 e. The fourth-order valence-electron chi connectivity index (χ4n) is 3.27. The molecule has 0 radical (unpaired) electrons. The van der Waals surface area contributed by atoms with Gasteiger partial charge in [-0.2, -0.15) is 0 Å². The van der Waals surface area contributed by atoms with Crippen LogP contribution >= 0.6 is 0 Å². The summed E-state index contributed by atoms with van der Waals surface area (Å²) in [4.78, 5) is 2.21. The summed E-state index contributed by atoms with van der Waals surface area (Å²) >= 11 is 0. The molecule has 2 rings (SSSR count). The van der Waals surface area contributed by atoms with Gasteiger partial charge in [0.15, 0.2) is 0 Å². The molecule has 1 aliphatic rings. The van der Waals surface area contributed by atoms with E-state index in [1.807, 2.05) is 0 Å². The Morgan fingerprint density at radius 3 is 2.32 bits per heavy atom.